The molecule has 0 aliphatic heterocycles. The molecule has 0 heterocycles. The zero-order chi connectivity index (χ0) is 14.6. The normalized spacial score (nSPS) is 13.6. The Balaban J connectivity index is 3.13. The lowest BCUT2D eigenvalue weighted by Crippen LogP contribution is -2.18. The quantitative estimate of drug-likeness (QED) is 0.815. The molecule has 1 aromatic rings. The Kier molecular flexibility index (Phi) is 5.50. The smallest absolute Gasteiger partial charge is 0.416 e. The van der Waals surface area contributed by atoms with Crippen LogP contribution in [0.3, 0.4) is 0 Å². The van der Waals surface area contributed by atoms with Crippen molar-refractivity contribution in [3.8, 4) is 0 Å². The molecule has 0 fully saturated rings. The molecule has 1 N–H and O–H groups in total. The Morgan fingerprint density at radius 1 is 1.21 bits per heavy atom. The largest absolute Gasteiger partial charge is 0.481 e. The molecule has 0 aliphatic carbocycles. The van der Waals surface area contributed by atoms with Crippen molar-refractivity contribution in [2.24, 2.45) is 0 Å². The van der Waals surface area contributed by atoms with E-state index in [9.17, 15) is 18.0 Å². The van der Waals surface area contributed by atoms with Gasteiger partial charge in [0.05, 0.1) is 11.5 Å². The van der Waals surface area contributed by atoms with Crippen molar-refractivity contribution in [3.05, 3.63) is 35.4 Å². The molecule has 1 atom stereocenters. The van der Waals surface area contributed by atoms with E-state index in [0.29, 0.717) is 0 Å². The molecule has 106 valence electrons. The summed E-state index contributed by atoms with van der Waals surface area (Å²) >= 11 is 11.0. The maximum Gasteiger partial charge on any atom is 0.416 e. The lowest BCUT2D eigenvalue weighted by Gasteiger charge is -2.18. The third-order valence-electron chi connectivity index (χ3n) is 2.61. The molecule has 0 aromatic heterocycles. The van der Waals surface area contributed by atoms with E-state index in [1.807, 2.05) is 0 Å². The molecule has 0 radical (unpaired) electrons. The van der Waals surface area contributed by atoms with E-state index in [-0.39, 0.29) is 18.4 Å². The molecule has 0 saturated heterocycles. The first kappa shape index (κ1) is 16.1. The third-order valence-corrected chi connectivity index (χ3v) is 3.05. The van der Waals surface area contributed by atoms with Crippen LogP contribution in [0, 0.1) is 0 Å². The number of carboxylic acids is 1. The molecule has 1 rings (SSSR count). The van der Waals surface area contributed by atoms with Gasteiger partial charge in [0.15, 0.2) is 0 Å². The Labute approximate surface area is 118 Å². The molecule has 0 bridgehead atoms. The van der Waals surface area contributed by atoms with Crippen LogP contribution in [-0.2, 0) is 11.0 Å². The second-order valence-electron chi connectivity index (χ2n) is 3.94. The zero-order valence-corrected chi connectivity index (χ0v) is 11.1. The lowest BCUT2D eigenvalue weighted by atomic mass is 9.90. The van der Waals surface area contributed by atoms with Gasteiger partial charge in [0, 0.05) is 0 Å². The van der Waals surface area contributed by atoms with Crippen molar-refractivity contribution in [3.63, 3.8) is 0 Å². The third kappa shape index (κ3) is 4.58. The van der Waals surface area contributed by atoms with Crippen LogP contribution >= 0.6 is 23.2 Å². The number of alkyl halides is 5. The predicted molar refractivity (Wildman–Crippen MR) is 66.5 cm³/mol. The summed E-state index contributed by atoms with van der Waals surface area (Å²) in [5.41, 5.74) is -1.21. The highest BCUT2D eigenvalue weighted by Crippen LogP contribution is 2.37. The monoisotopic (exact) mass is 314 g/mol. The minimum atomic E-state index is -4.59. The highest BCUT2D eigenvalue weighted by Gasteiger charge is 2.36. The van der Waals surface area contributed by atoms with Crippen LogP contribution in [0.1, 0.15) is 29.9 Å². The van der Waals surface area contributed by atoms with Gasteiger partial charge in [-0.25, -0.2) is 0 Å². The first-order chi connectivity index (χ1) is 8.73. The fourth-order valence-electron chi connectivity index (χ4n) is 1.76. The molecule has 0 aliphatic rings. The molecule has 0 amide bonds. The van der Waals surface area contributed by atoms with E-state index in [0.717, 1.165) is 6.07 Å². The van der Waals surface area contributed by atoms with Gasteiger partial charge in [-0.15, -0.1) is 23.2 Å². The van der Waals surface area contributed by atoms with E-state index in [2.05, 4.69) is 0 Å². The van der Waals surface area contributed by atoms with Crippen LogP contribution in [0.5, 0.6) is 0 Å². The zero-order valence-electron chi connectivity index (χ0n) is 9.62. The van der Waals surface area contributed by atoms with Gasteiger partial charge >= 0.3 is 12.1 Å². The molecule has 19 heavy (non-hydrogen) atoms. The highest BCUT2D eigenvalue weighted by atomic mass is 35.5. The Morgan fingerprint density at radius 3 is 2.26 bits per heavy atom. The average molecular weight is 315 g/mol. The van der Waals surface area contributed by atoms with Crippen molar-refractivity contribution < 1.29 is 23.1 Å². The number of aliphatic carboxylic acids is 1. The van der Waals surface area contributed by atoms with Gasteiger partial charge in [-0.3, -0.25) is 4.79 Å². The predicted octanol–water partition coefficient (Wildman–Crippen LogP) is 4.46. The summed E-state index contributed by atoms with van der Waals surface area (Å²) in [5.74, 6) is -2.61. The summed E-state index contributed by atoms with van der Waals surface area (Å²) in [7, 11) is 0. The number of hydrogen-bond acceptors (Lipinski definition) is 1. The van der Waals surface area contributed by atoms with Gasteiger partial charge in [0.1, 0.15) is 4.84 Å². The van der Waals surface area contributed by atoms with E-state index >= 15 is 0 Å². The molecule has 0 saturated carbocycles. The first-order valence-electron chi connectivity index (χ1n) is 5.40. The summed E-state index contributed by atoms with van der Waals surface area (Å²) in [6.07, 6.45) is -4.54. The molecule has 2 nitrogen and oxygen atoms in total. The highest BCUT2D eigenvalue weighted by molar-refractivity contribution is 6.44. The van der Waals surface area contributed by atoms with Gasteiger partial charge in [-0.1, -0.05) is 18.2 Å². The molecule has 1 aromatic carbocycles. The van der Waals surface area contributed by atoms with Crippen LogP contribution in [0.2, 0.25) is 0 Å². The SMILES string of the molecule is O=C(O)C(CCC(Cl)Cl)c1ccccc1C(F)(F)F. The van der Waals surface area contributed by atoms with Gasteiger partial charge in [0.25, 0.3) is 0 Å². The topological polar surface area (TPSA) is 37.3 Å². The van der Waals surface area contributed by atoms with E-state index in [1.165, 1.54) is 18.2 Å². The Bertz CT molecular complexity index is 447. The van der Waals surface area contributed by atoms with Crippen molar-refractivity contribution in [2.75, 3.05) is 0 Å². The van der Waals surface area contributed by atoms with E-state index in [4.69, 9.17) is 28.3 Å². The van der Waals surface area contributed by atoms with Gasteiger partial charge in [-0.05, 0) is 24.5 Å². The summed E-state index contributed by atoms with van der Waals surface area (Å²) in [5, 5.41) is 9.08. The second-order valence-corrected chi connectivity index (χ2v) is 5.22. The van der Waals surface area contributed by atoms with Gasteiger partial charge in [0.2, 0.25) is 0 Å². The van der Waals surface area contributed by atoms with Crippen LogP contribution < -0.4 is 0 Å². The maximum atomic E-state index is 12.8. The number of halogens is 5. The molecule has 1 unspecified atom stereocenters. The second kappa shape index (κ2) is 6.48. The van der Waals surface area contributed by atoms with E-state index < -0.39 is 28.5 Å². The number of hydrogen-bond donors (Lipinski definition) is 1. The molecular formula is C12H11Cl2F3O2. The number of carboxylic acid groups (broad SMARTS) is 1. The minimum absolute atomic E-state index is 0.0555. The minimum Gasteiger partial charge on any atom is -0.481 e. The van der Waals surface area contributed by atoms with Gasteiger partial charge < -0.3 is 5.11 Å². The first-order valence-corrected chi connectivity index (χ1v) is 6.28. The fraction of sp³-hybridized carbons (Fsp3) is 0.417. The lowest BCUT2D eigenvalue weighted by molar-refractivity contribution is -0.141. The van der Waals surface area contributed by atoms with E-state index in [1.54, 1.807) is 0 Å². The van der Waals surface area contributed by atoms with Crippen LogP contribution in [-0.4, -0.2) is 15.9 Å². The molecule has 7 heteroatoms. The number of carbonyl (C=O) groups is 1. The van der Waals surface area contributed by atoms with Crippen molar-refractivity contribution in [1.82, 2.24) is 0 Å². The summed E-state index contributed by atoms with van der Waals surface area (Å²) in [6, 6.07) is 4.62. The summed E-state index contributed by atoms with van der Waals surface area (Å²) in [6.45, 7) is 0. The number of benzene rings is 1. The summed E-state index contributed by atoms with van der Waals surface area (Å²) in [4.78, 5) is 10.3. The van der Waals surface area contributed by atoms with Crippen LogP contribution in [0.25, 0.3) is 0 Å². The fourth-order valence-corrected chi connectivity index (χ4v) is 2.02. The van der Waals surface area contributed by atoms with Crippen molar-refractivity contribution >= 4 is 29.2 Å². The maximum absolute atomic E-state index is 12.8. The van der Waals surface area contributed by atoms with Crippen LogP contribution in [0.15, 0.2) is 24.3 Å². The van der Waals surface area contributed by atoms with Crippen LogP contribution in [0.4, 0.5) is 13.2 Å². The summed E-state index contributed by atoms with van der Waals surface area (Å²) < 4.78 is 38.5. The molecule has 0 spiro atoms. The molecular weight excluding hydrogens is 304 g/mol. The van der Waals surface area contributed by atoms with Gasteiger partial charge in [-0.2, -0.15) is 13.2 Å². The Hall–Kier alpha value is -0.940. The average Bonchev–Trinajstić information content (AvgIpc) is 2.27. The number of rotatable bonds is 5. The van der Waals surface area contributed by atoms with Crippen molar-refractivity contribution in [1.29, 1.82) is 0 Å². The standard InChI is InChI=1S/C12H11Cl2F3O2/c13-10(14)6-5-8(11(18)19)7-3-1-2-4-9(7)12(15,16)17/h1-4,8,10H,5-6H2,(H,18,19). The van der Waals surface area contributed by atoms with Crippen molar-refractivity contribution in [2.45, 2.75) is 29.8 Å². The Morgan fingerprint density at radius 2 is 1.79 bits per heavy atom.